The normalized spacial score (nSPS) is 21.1. The summed E-state index contributed by atoms with van der Waals surface area (Å²) in [4.78, 5) is 26.3. The van der Waals surface area contributed by atoms with Gasteiger partial charge in [-0.3, -0.25) is 9.36 Å². The Balaban J connectivity index is 1.66. The molecule has 7 heteroatoms. The fourth-order valence-electron chi connectivity index (χ4n) is 2.78. The maximum Gasteiger partial charge on any atom is 0.344 e. The van der Waals surface area contributed by atoms with Crippen LogP contribution < -0.4 is 5.69 Å². The van der Waals surface area contributed by atoms with Gasteiger partial charge in [-0.25, -0.2) is 9.89 Å². The zero-order valence-electron chi connectivity index (χ0n) is 12.4. The summed E-state index contributed by atoms with van der Waals surface area (Å²) in [5.41, 5.74) is -0.158. The minimum absolute atomic E-state index is 0.158. The van der Waals surface area contributed by atoms with Crippen LogP contribution in [-0.2, 0) is 4.79 Å². The number of likely N-dealkylation sites (tertiary alicyclic amines) is 1. The van der Waals surface area contributed by atoms with E-state index in [1.54, 1.807) is 4.57 Å². The summed E-state index contributed by atoms with van der Waals surface area (Å²) in [5, 5.41) is 7.04. The van der Waals surface area contributed by atoms with E-state index in [9.17, 15) is 9.59 Å². The van der Waals surface area contributed by atoms with E-state index in [4.69, 9.17) is 0 Å². The average molecular weight is 310 g/mol. The summed E-state index contributed by atoms with van der Waals surface area (Å²) in [7, 11) is 0. The first-order valence-electron chi connectivity index (χ1n) is 7.79. The van der Waals surface area contributed by atoms with E-state index in [1.165, 1.54) is 24.6 Å². The summed E-state index contributed by atoms with van der Waals surface area (Å²) >= 11 is 1.40. The van der Waals surface area contributed by atoms with Crippen molar-refractivity contribution in [1.29, 1.82) is 0 Å². The minimum atomic E-state index is -0.198. The zero-order valence-corrected chi connectivity index (χ0v) is 13.2. The van der Waals surface area contributed by atoms with Gasteiger partial charge in [0.25, 0.3) is 0 Å². The zero-order chi connectivity index (χ0) is 14.8. The van der Waals surface area contributed by atoms with Crippen molar-refractivity contribution in [2.75, 3.05) is 13.1 Å². The van der Waals surface area contributed by atoms with Gasteiger partial charge in [0.05, 0.1) is 5.25 Å². The summed E-state index contributed by atoms with van der Waals surface area (Å²) in [6.07, 6.45) is 6.68. The molecule has 1 atom stereocenters. The first kappa shape index (κ1) is 14.7. The molecular weight excluding hydrogens is 288 g/mol. The molecule has 1 amide bonds. The third kappa shape index (κ3) is 3.33. The standard InChI is InChI=1S/C14H22N4O2S/c1-10(12(19)17-8-4-2-3-5-9-17)21-14-16-15-13(20)18(14)11-6-7-11/h10-11H,2-9H2,1H3,(H,15,20). The second-order valence-corrected chi connectivity index (χ2v) is 7.22. The lowest BCUT2D eigenvalue weighted by atomic mass is 10.2. The van der Waals surface area contributed by atoms with E-state index in [1.807, 2.05) is 11.8 Å². The number of aromatic amines is 1. The van der Waals surface area contributed by atoms with E-state index >= 15 is 0 Å². The minimum Gasteiger partial charge on any atom is -0.342 e. The second-order valence-electron chi connectivity index (χ2n) is 5.91. The third-order valence-electron chi connectivity index (χ3n) is 4.13. The molecule has 0 bridgehead atoms. The third-order valence-corrected chi connectivity index (χ3v) is 5.19. The van der Waals surface area contributed by atoms with Crippen LogP contribution in [0.1, 0.15) is 51.5 Å². The molecule has 1 aromatic rings. The SMILES string of the molecule is CC(Sc1n[nH]c(=O)n1C1CC1)C(=O)N1CCCCCC1. The maximum absolute atomic E-state index is 12.5. The molecule has 0 spiro atoms. The Hall–Kier alpha value is -1.24. The molecule has 21 heavy (non-hydrogen) atoms. The molecule has 3 rings (SSSR count). The van der Waals surface area contributed by atoms with Gasteiger partial charge in [-0.05, 0) is 32.6 Å². The van der Waals surface area contributed by atoms with Gasteiger partial charge in [-0.2, -0.15) is 0 Å². The predicted molar refractivity (Wildman–Crippen MR) is 81.5 cm³/mol. The Kier molecular flexibility index (Phi) is 4.37. The molecule has 1 unspecified atom stereocenters. The van der Waals surface area contributed by atoms with Crippen molar-refractivity contribution in [2.24, 2.45) is 0 Å². The molecular formula is C14H22N4O2S. The van der Waals surface area contributed by atoms with Crippen molar-refractivity contribution in [3.8, 4) is 0 Å². The highest BCUT2D eigenvalue weighted by atomic mass is 32.2. The summed E-state index contributed by atoms with van der Waals surface area (Å²) < 4.78 is 1.71. The van der Waals surface area contributed by atoms with Gasteiger partial charge >= 0.3 is 5.69 Å². The van der Waals surface area contributed by atoms with Gasteiger partial charge in [0.2, 0.25) is 5.91 Å². The molecule has 116 valence electrons. The van der Waals surface area contributed by atoms with Gasteiger partial charge < -0.3 is 4.90 Å². The molecule has 1 aromatic heterocycles. The molecule has 2 heterocycles. The number of carbonyl (C=O) groups is 1. The molecule has 1 N–H and O–H groups in total. The van der Waals surface area contributed by atoms with Crippen molar-refractivity contribution >= 4 is 17.7 Å². The number of rotatable bonds is 4. The first-order valence-corrected chi connectivity index (χ1v) is 8.67. The number of H-pyrrole nitrogens is 1. The van der Waals surface area contributed by atoms with Crippen molar-refractivity contribution < 1.29 is 4.79 Å². The van der Waals surface area contributed by atoms with Gasteiger partial charge in [0.1, 0.15) is 0 Å². The number of carbonyl (C=O) groups excluding carboxylic acids is 1. The predicted octanol–water partition coefficient (Wildman–Crippen LogP) is 1.79. The molecule has 1 aliphatic carbocycles. The van der Waals surface area contributed by atoms with E-state index in [-0.39, 0.29) is 22.9 Å². The number of hydrogen-bond donors (Lipinski definition) is 1. The molecule has 2 fully saturated rings. The highest BCUT2D eigenvalue weighted by Crippen LogP contribution is 2.37. The monoisotopic (exact) mass is 310 g/mol. The van der Waals surface area contributed by atoms with Crippen molar-refractivity contribution in [1.82, 2.24) is 19.7 Å². The molecule has 1 saturated heterocycles. The number of thioether (sulfide) groups is 1. The van der Waals surface area contributed by atoms with Crippen LogP contribution in [0, 0.1) is 0 Å². The fraction of sp³-hybridized carbons (Fsp3) is 0.786. The average Bonchev–Trinajstić information content (AvgIpc) is 3.27. The Morgan fingerprint density at radius 1 is 1.29 bits per heavy atom. The highest BCUT2D eigenvalue weighted by molar-refractivity contribution is 8.00. The molecule has 1 aliphatic heterocycles. The Morgan fingerprint density at radius 3 is 2.57 bits per heavy atom. The quantitative estimate of drug-likeness (QED) is 0.861. The first-order chi connectivity index (χ1) is 10.2. The largest absolute Gasteiger partial charge is 0.344 e. The van der Waals surface area contributed by atoms with Crippen LogP contribution in [0.2, 0.25) is 0 Å². The highest BCUT2D eigenvalue weighted by Gasteiger charge is 2.31. The van der Waals surface area contributed by atoms with Crippen molar-refractivity contribution in [2.45, 2.75) is 61.9 Å². The van der Waals surface area contributed by atoms with Gasteiger partial charge in [-0.15, -0.1) is 5.10 Å². The smallest absolute Gasteiger partial charge is 0.342 e. The van der Waals surface area contributed by atoms with Gasteiger partial charge in [0.15, 0.2) is 5.16 Å². The Morgan fingerprint density at radius 2 is 1.95 bits per heavy atom. The number of aromatic nitrogens is 3. The van der Waals surface area contributed by atoms with Crippen LogP contribution in [0.3, 0.4) is 0 Å². The number of nitrogens with one attached hydrogen (secondary N) is 1. The lowest BCUT2D eigenvalue weighted by molar-refractivity contribution is -0.130. The summed E-state index contributed by atoms with van der Waals surface area (Å²) in [6, 6.07) is 0.277. The summed E-state index contributed by atoms with van der Waals surface area (Å²) in [6.45, 7) is 3.63. The second kappa shape index (κ2) is 6.25. The molecule has 0 radical (unpaired) electrons. The molecule has 0 aromatic carbocycles. The Bertz CT molecular complexity index is 556. The van der Waals surface area contributed by atoms with Crippen molar-refractivity contribution in [3.63, 3.8) is 0 Å². The summed E-state index contributed by atoms with van der Waals surface area (Å²) in [5.74, 6) is 0.166. The van der Waals surface area contributed by atoms with E-state index in [0.29, 0.717) is 5.16 Å². The lowest BCUT2D eigenvalue weighted by Gasteiger charge is -2.23. The number of hydrogen-bond acceptors (Lipinski definition) is 4. The van der Waals surface area contributed by atoms with Gasteiger partial charge in [-0.1, -0.05) is 24.6 Å². The van der Waals surface area contributed by atoms with Crippen molar-refractivity contribution in [3.05, 3.63) is 10.5 Å². The van der Waals surface area contributed by atoms with E-state index < -0.39 is 0 Å². The lowest BCUT2D eigenvalue weighted by Crippen LogP contribution is -2.37. The number of amides is 1. The number of nitrogens with zero attached hydrogens (tertiary/aromatic N) is 3. The molecule has 2 aliphatic rings. The Labute approximate surface area is 128 Å². The van der Waals surface area contributed by atoms with Gasteiger partial charge in [0, 0.05) is 19.1 Å². The topological polar surface area (TPSA) is 71.0 Å². The maximum atomic E-state index is 12.5. The van der Waals surface area contributed by atoms with Crippen LogP contribution in [0.15, 0.2) is 9.95 Å². The molecule has 1 saturated carbocycles. The molecule has 6 nitrogen and oxygen atoms in total. The van der Waals surface area contributed by atoms with Crippen LogP contribution in [0.25, 0.3) is 0 Å². The van der Waals surface area contributed by atoms with E-state index in [2.05, 4.69) is 10.2 Å². The van der Waals surface area contributed by atoms with E-state index in [0.717, 1.165) is 38.8 Å². The van der Waals surface area contributed by atoms with Crippen LogP contribution >= 0.6 is 11.8 Å². The van der Waals surface area contributed by atoms with Crippen LogP contribution in [-0.4, -0.2) is 43.9 Å². The fourth-order valence-corrected chi connectivity index (χ4v) is 3.79. The van der Waals surface area contributed by atoms with Crippen LogP contribution in [0.4, 0.5) is 0 Å². The van der Waals surface area contributed by atoms with Crippen LogP contribution in [0.5, 0.6) is 0 Å².